The molecule has 20 heavy (non-hydrogen) atoms. The van der Waals surface area contributed by atoms with E-state index >= 15 is 0 Å². The van der Waals surface area contributed by atoms with Crippen LogP contribution in [-0.2, 0) is 4.79 Å². The van der Waals surface area contributed by atoms with Crippen LogP contribution in [0.3, 0.4) is 0 Å². The maximum absolute atomic E-state index is 12.8. The fourth-order valence-corrected chi connectivity index (χ4v) is 2.72. The first-order valence-corrected chi connectivity index (χ1v) is 7.82. The van der Waals surface area contributed by atoms with Crippen molar-refractivity contribution in [1.29, 1.82) is 0 Å². The number of carbonyl (C=O) groups is 1. The third-order valence-corrected chi connectivity index (χ3v) is 4.08. The second kappa shape index (κ2) is 7.44. The van der Waals surface area contributed by atoms with Crippen LogP contribution in [0.5, 0.6) is 0 Å². The average molecular weight is 274 g/mol. The van der Waals surface area contributed by atoms with Crippen LogP contribution in [0, 0.1) is 5.92 Å². The largest absolute Gasteiger partial charge is 0.313 e. The molecule has 1 aromatic rings. The summed E-state index contributed by atoms with van der Waals surface area (Å²) in [7, 11) is 0. The van der Waals surface area contributed by atoms with Crippen LogP contribution < -0.4 is 10.2 Å². The van der Waals surface area contributed by atoms with Crippen molar-refractivity contribution >= 4 is 11.6 Å². The Bertz CT molecular complexity index is 410. The Balaban J connectivity index is 2.08. The minimum Gasteiger partial charge on any atom is -0.313 e. The summed E-state index contributed by atoms with van der Waals surface area (Å²) in [6.45, 7) is 5.99. The van der Waals surface area contributed by atoms with E-state index in [1.165, 1.54) is 0 Å². The molecule has 1 aliphatic heterocycles. The Kier molecular flexibility index (Phi) is 5.60. The van der Waals surface area contributed by atoms with E-state index in [2.05, 4.69) is 19.2 Å². The first kappa shape index (κ1) is 15.0. The van der Waals surface area contributed by atoms with Crippen molar-refractivity contribution in [1.82, 2.24) is 5.32 Å². The molecule has 1 aromatic carbocycles. The van der Waals surface area contributed by atoms with E-state index in [-0.39, 0.29) is 11.8 Å². The predicted molar refractivity (Wildman–Crippen MR) is 83.9 cm³/mol. The molecule has 2 rings (SSSR count). The molecule has 2 atom stereocenters. The molecule has 0 aliphatic carbocycles. The molecular weight excluding hydrogens is 248 g/mol. The van der Waals surface area contributed by atoms with Gasteiger partial charge >= 0.3 is 0 Å². The lowest BCUT2D eigenvalue weighted by atomic mass is 9.94. The van der Waals surface area contributed by atoms with Gasteiger partial charge in [-0.2, -0.15) is 0 Å². The van der Waals surface area contributed by atoms with E-state index in [9.17, 15) is 4.79 Å². The summed E-state index contributed by atoms with van der Waals surface area (Å²) < 4.78 is 0. The predicted octanol–water partition coefficient (Wildman–Crippen LogP) is 3.21. The minimum absolute atomic E-state index is 0.128. The molecule has 1 heterocycles. The molecule has 1 fully saturated rings. The van der Waals surface area contributed by atoms with E-state index in [1.807, 2.05) is 35.2 Å². The summed E-state index contributed by atoms with van der Waals surface area (Å²) in [5, 5.41) is 3.43. The summed E-state index contributed by atoms with van der Waals surface area (Å²) in [6, 6.07) is 10.6. The first-order valence-electron chi connectivity index (χ1n) is 7.82. The fraction of sp³-hybridized carbons (Fsp3) is 0.588. The molecule has 0 saturated carbocycles. The number of piperidine rings is 1. The lowest BCUT2D eigenvalue weighted by Gasteiger charge is -2.32. The highest BCUT2D eigenvalue weighted by Gasteiger charge is 2.28. The van der Waals surface area contributed by atoms with Gasteiger partial charge in [0.25, 0.3) is 0 Å². The molecule has 2 unspecified atom stereocenters. The van der Waals surface area contributed by atoms with Gasteiger partial charge in [-0.3, -0.25) is 4.79 Å². The molecule has 1 amide bonds. The van der Waals surface area contributed by atoms with Crippen molar-refractivity contribution in [3.05, 3.63) is 30.3 Å². The zero-order valence-corrected chi connectivity index (χ0v) is 12.6. The lowest BCUT2D eigenvalue weighted by Crippen LogP contribution is -2.46. The van der Waals surface area contributed by atoms with Crippen LogP contribution in [0.25, 0.3) is 0 Å². The quantitative estimate of drug-likeness (QED) is 0.894. The third-order valence-electron chi connectivity index (χ3n) is 4.08. The topological polar surface area (TPSA) is 32.3 Å². The fourth-order valence-electron chi connectivity index (χ4n) is 2.72. The number of carbonyl (C=O) groups excluding carboxylic acids is 1. The Labute approximate surface area is 122 Å². The molecule has 1 aliphatic rings. The third kappa shape index (κ3) is 3.83. The van der Waals surface area contributed by atoms with E-state index < -0.39 is 0 Å². The van der Waals surface area contributed by atoms with E-state index in [4.69, 9.17) is 0 Å². The smallest absolute Gasteiger partial charge is 0.231 e. The normalized spacial score (nSPS) is 22.5. The number of amides is 1. The highest BCUT2D eigenvalue weighted by molar-refractivity contribution is 5.95. The van der Waals surface area contributed by atoms with Gasteiger partial charge in [0.2, 0.25) is 5.91 Å². The molecule has 1 saturated heterocycles. The minimum atomic E-state index is 0.128. The van der Waals surface area contributed by atoms with Crippen LogP contribution in [0.2, 0.25) is 0 Å². The van der Waals surface area contributed by atoms with Gasteiger partial charge in [-0.1, -0.05) is 31.5 Å². The van der Waals surface area contributed by atoms with Gasteiger partial charge in [0.1, 0.15) is 0 Å². The molecular formula is C17H26N2O. The van der Waals surface area contributed by atoms with Crippen LogP contribution in [0.4, 0.5) is 5.69 Å². The SMILES string of the molecule is CCCCN(C(=O)C1CCC(C)NC1)c1ccccc1. The second-order valence-corrected chi connectivity index (χ2v) is 5.76. The van der Waals surface area contributed by atoms with Crippen molar-refractivity contribution in [3.63, 3.8) is 0 Å². The summed E-state index contributed by atoms with van der Waals surface area (Å²) >= 11 is 0. The van der Waals surface area contributed by atoms with Crippen molar-refractivity contribution in [2.24, 2.45) is 5.92 Å². The number of hydrogen-bond donors (Lipinski definition) is 1. The van der Waals surface area contributed by atoms with Crippen LogP contribution >= 0.6 is 0 Å². The van der Waals surface area contributed by atoms with Crippen molar-refractivity contribution in [2.45, 2.75) is 45.6 Å². The molecule has 3 heteroatoms. The van der Waals surface area contributed by atoms with Crippen LogP contribution in [0.15, 0.2) is 30.3 Å². The van der Waals surface area contributed by atoms with Gasteiger partial charge in [0.05, 0.1) is 5.92 Å². The maximum atomic E-state index is 12.8. The number of nitrogens with zero attached hydrogens (tertiary/aromatic N) is 1. The summed E-state index contributed by atoms with van der Waals surface area (Å²) in [6.07, 6.45) is 4.25. The number of unbranched alkanes of at least 4 members (excludes halogenated alkanes) is 1. The van der Waals surface area contributed by atoms with Gasteiger partial charge in [-0.15, -0.1) is 0 Å². The average Bonchev–Trinajstić information content (AvgIpc) is 2.49. The molecule has 0 aromatic heterocycles. The maximum Gasteiger partial charge on any atom is 0.231 e. The second-order valence-electron chi connectivity index (χ2n) is 5.76. The molecule has 3 nitrogen and oxygen atoms in total. The number of para-hydroxylation sites is 1. The highest BCUT2D eigenvalue weighted by Crippen LogP contribution is 2.22. The number of nitrogens with one attached hydrogen (secondary N) is 1. The lowest BCUT2D eigenvalue weighted by molar-refractivity contribution is -0.123. The van der Waals surface area contributed by atoms with E-state index in [0.717, 1.165) is 44.5 Å². The molecule has 0 spiro atoms. The highest BCUT2D eigenvalue weighted by atomic mass is 16.2. The summed E-state index contributed by atoms with van der Waals surface area (Å²) in [5.41, 5.74) is 1.03. The molecule has 0 bridgehead atoms. The van der Waals surface area contributed by atoms with E-state index in [0.29, 0.717) is 6.04 Å². The van der Waals surface area contributed by atoms with E-state index in [1.54, 1.807) is 0 Å². The number of rotatable bonds is 5. The van der Waals surface area contributed by atoms with Crippen molar-refractivity contribution in [2.75, 3.05) is 18.0 Å². The van der Waals surface area contributed by atoms with Gasteiger partial charge in [-0.05, 0) is 38.3 Å². The Hall–Kier alpha value is -1.35. The Morgan fingerprint density at radius 3 is 2.65 bits per heavy atom. The van der Waals surface area contributed by atoms with Crippen molar-refractivity contribution in [3.8, 4) is 0 Å². The number of benzene rings is 1. The summed E-state index contributed by atoms with van der Waals surface area (Å²) in [5.74, 6) is 0.410. The molecule has 1 N–H and O–H groups in total. The van der Waals surface area contributed by atoms with Gasteiger partial charge in [0.15, 0.2) is 0 Å². The molecule has 110 valence electrons. The van der Waals surface area contributed by atoms with Crippen LogP contribution in [-0.4, -0.2) is 25.0 Å². The standard InChI is InChI=1S/C17H26N2O/c1-3-4-12-19(16-8-6-5-7-9-16)17(20)15-11-10-14(2)18-13-15/h5-9,14-15,18H,3-4,10-13H2,1-2H3. The number of anilines is 1. The zero-order valence-electron chi connectivity index (χ0n) is 12.6. The zero-order chi connectivity index (χ0) is 14.4. The summed E-state index contributed by atoms with van der Waals surface area (Å²) in [4.78, 5) is 14.8. The van der Waals surface area contributed by atoms with Crippen LogP contribution in [0.1, 0.15) is 39.5 Å². The Morgan fingerprint density at radius 2 is 2.05 bits per heavy atom. The first-order chi connectivity index (χ1) is 9.72. The Morgan fingerprint density at radius 1 is 1.30 bits per heavy atom. The van der Waals surface area contributed by atoms with Gasteiger partial charge in [-0.25, -0.2) is 0 Å². The van der Waals surface area contributed by atoms with Gasteiger partial charge in [0, 0.05) is 24.8 Å². The molecule has 0 radical (unpaired) electrons. The number of hydrogen-bond acceptors (Lipinski definition) is 2. The van der Waals surface area contributed by atoms with Crippen molar-refractivity contribution < 1.29 is 4.79 Å². The van der Waals surface area contributed by atoms with Gasteiger partial charge < -0.3 is 10.2 Å². The monoisotopic (exact) mass is 274 g/mol.